The Balaban J connectivity index is 1.45. The van der Waals surface area contributed by atoms with Crippen LogP contribution in [-0.2, 0) is 17.1 Å². The summed E-state index contributed by atoms with van der Waals surface area (Å²) in [5.41, 5.74) is 0.0269. The Bertz CT molecular complexity index is 1500. The maximum Gasteiger partial charge on any atom is 0.419 e. The first kappa shape index (κ1) is 26.3. The zero-order valence-electron chi connectivity index (χ0n) is 20.5. The van der Waals surface area contributed by atoms with Gasteiger partial charge in [0.25, 0.3) is 0 Å². The predicted octanol–water partition coefficient (Wildman–Crippen LogP) is 5.95. The monoisotopic (exact) mass is 548 g/mol. The highest BCUT2D eigenvalue weighted by Gasteiger charge is 2.36. The molecule has 0 saturated carbocycles. The number of halogens is 6. The van der Waals surface area contributed by atoms with Gasteiger partial charge in [0, 0.05) is 50.6 Å². The van der Waals surface area contributed by atoms with Crippen LogP contribution >= 0.6 is 0 Å². The molecule has 13 heteroatoms. The van der Waals surface area contributed by atoms with E-state index in [0.717, 1.165) is 18.2 Å². The van der Waals surface area contributed by atoms with E-state index in [-0.39, 0.29) is 49.0 Å². The zero-order chi connectivity index (χ0) is 27.9. The Morgan fingerprint density at radius 2 is 1.59 bits per heavy atom. The van der Waals surface area contributed by atoms with E-state index in [1.165, 1.54) is 24.1 Å². The second kappa shape index (κ2) is 9.79. The molecule has 2 N–H and O–H groups in total. The quantitative estimate of drug-likeness (QED) is 0.309. The van der Waals surface area contributed by atoms with E-state index in [9.17, 15) is 31.1 Å². The van der Waals surface area contributed by atoms with E-state index >= 15 is 0 Å². The van der Waals surface area contributed by atoms with Crippen LogP contribution in [0.15, 0.2) is 54.7 Å². The topological polar surface area (TPSA) is 77.2 Å². The molecule has 1 fully saturated rings. The third kappa shape index (κ3) is 5.47. The molecular formula is C26H22F6N6O. The fourth-order valence-electron chi connectivity index (χ4n) is 4.57. The van der Waals surface area contributed by atoms with Crippen LogP contribution in [-0.4, -0.2) is 47.0 Å². The van der Waals surface area contributed by atoms with Crippen molar-refractivity contribution in [1.82, 2.24) is 15.0 Å². The van der Waals surface area contributed by atoms with Gasteiger partial charge in [-0.3, -0.25) is 4.79 Å². The zero-order valence-corrected chi connectivity index (χ0v) is 20.5. The lowest BCUT2D eigenvalue weighted by Crippen LogP contribution is -2.47. The van der Waals surface area contributed by atoms with Gasteiger partial charge in [-0.05, 0) is 42.0 Å². The van der Waals surface area contributed by atoms with E-state index in [1.54, 1.807) is 29.2 Å². The lowest BCUT2D eigenvalue weighted by atomic mass is 10.0. The molecule has 0 unspecified atom stereocenters. The summed E-state index contributed by atoms with van der Waals surface area (Å²) >= 11 is 0. The summed E-state index contributed by atoms with van der Waals surface area (Å²) in [6.45, 7) is 2.33. The highest BCUT2D eigenvalue weighted by atomic mass is 19.4. The molecule has 1 amide bonds. The van der Waals surface area contributed by atoms with Crippen molar-refractivity contribution < 1.29 is 31.1 Å². The minimum Gasteiger partial charge on any atom is -0.353 e. The van der Waals surface area contributed by atoms with Gasteiger partial charge in [0.05, 0.1) is 22.2 Å². The number of amides is 1. The minimum absolute atomic E-state index is 0.158. The minimum atomic E-state index is -4.60. The van der Waals surface area contributed by atoms with Crippen molar-refractivity contribution >= 4 is 34.4 Å². The van der Waals surface area contributed by atoms with Crippen LogP contribution in [0.4, 0.5) is 43.8 Å². The number of carbonyl (C=O) groups excluding carboxylic acids is 1. The molecule has 3 heterocycles. The number of alkyl halides is 6. The summed E-state index contributed by atoms with van der Waals surface area (Å²) < 4.78 is 81.5. The van der Waals surface area contributed by atoms with Gasteiger partial charge in [0.15, 0.2) is 0 Å². The van der Waals surface area contributed by atoms with Crippen LogP contribution in [0.2, 0.25) is 0 Å². The summed E-state index contributed by atoms with van der Waals surface area (Å²) in [6.07, 6.45) is -7.85. The van der Waals surface area contributed by atoms with Crippen molar-refractivity contribution in [2.24, 2.45) is 0 Å². The number of piperazine rings is 1. The van der Waals surface area contributed by atoms with Crippen LogP contribution in [0.1, 0.15) is 18.1 Å². The van der Waals surface area contributed by atoms with Crippen molar-refractivity contribution in [1.29, 1.82) is 0 Å². The maximum atomic E-state index is 13.7. The van der Waals surface area contributed by atoms with E-state index in [2.05, 4.69) is 20.3 Å². The molecule has 1 aliphatic heterocycles. The molecule has 5 rings (SSSR count). The number of nitrogens with zero attached hydrogens (tertiary/aromatic N) is 4. The summed E-state index contributed by atoms with van der Waals surface area (Å²) in [5, 5.41) is 2.61. The summed E-state index contributed by atoms with van der Waals surface area (Å²) in [7, 11) is 0. The summed E-state index contributed by atoms with van der Waals surface area (Å²) in [5.74, 6) is -0.120. The number of carbonyl (C=O) groups is 1. The molecule has 204 valence electrons. The van der Waals surface area contributed by atoms with Crippen LogP contribution in [0, 0.1) is 0 Å². The van der Waals surface area contributed by atoms with Crippen molar-refractivity contribution in [3.8, 4) is 11.1 Å². The molecule has 4 aromatic rings. The normalized spacial score (nSPS) is 14.6. The van der Waals surface area contributed by atoms with Gasteiger partial charge < -0.3 is 20.1 Å². The number of aromatic nitrogens is 3. The first-order valence-corrected chi connectivity index (χ1v) is 11.9. The van der Waals surface area contributed by atoms with Gasteiger partial charge in [0.1, 0.15) is 5.82 Å². The highest BCUT2D eigenvalue weighted by Crippen LogP contribution is 2.38. The lowest BCUT2D eigenvalue weighted by Gasteiger charge is -2.36. The fourth-order valence-corrected chi connectivity index (χ4v) is 4.57. The fraction of sp³-hybridized carbons (Fsp3) is 0.269. The molecule has 0 radical (unpaired) electrons. The molecule has 0 spiro atoms. The number of benzene rings is 2. The van der Waals surface area contributed by atoms with Crippen LogP contribution in [0.25, 0.3) is 22.2 Å². The van der Waals surface area contributed by atoms with Gasteiger partial charge in [-0.1, -0.05) is 12.1 Å². The van der Waals surface area contributed by atoms with Gasteiger partial charge in [-0.2, -0.15) is 26.3 Å². The molecule has 1 aliphatic rings. The van der Waals surface area contributed by atoms with Crippen molar-refractivity contribution in [2.45, 2.75) is 19.3 Å². The van der Waals surface area contributed by atoms with Gasteiger partial charge in [-0.25, -0.2) is 9.97 Å². The van der Waals surface area contributed by atoms with Crippen molar-refractivity contribution in [3.05, 3.63) is 65.9 Å². The third-order valence-electron chi connectivity index (χ3n) is 6.39. The second-order valence-electron chi connectivity index (χ2n) is 9.08. The third-order valence-corrected chi connectivity index (χ3v) is 6.39. The van der Waals surface area contributed by atoms with E-state index in [4.69, 9.17) is 0 Å². The maximum absolute atomic E-state index is 13.7. The Morgan fingerprint density at radius 3 is 2.21 bits per heavy atom. The lowest BCUT2D eigenvalue weighted by molar-refractivity contribution is -0.138. The van der Waals surface area contributed by atoms with Gasteiger partial charge in [0.2, 0.25) is 11.9 Å². The van der Waals surface area contributed by atoms with Gasteiger partial charge >= 0.3 is 12.4 Å². The standard InChI is InChI=1S/C26H22F6N6O/c1-15(39)34-18-6-4-16(5-7-18)19-13-17(25(27,28)29)14-21-22(19)36-24(35-21)38-11-9-37(10-12-38)23-20(26(30,31)32)3-2-8-33-23/h2-8,13-14H,9-12H2,1H3,(H,34,39)(H,35,36). The smallest absolute Gasteiger partial charge is 0.353 e. The molecule has 2 aromatic heterocycles. The van der Waals surface area contributed by atoms with E-state index in [0.29, 0.717) is 22.7 Å². The Morgan fingerprint density at radius 1 is 0.923 bits per heavy atom. The number of aromatic amines is 1. The number of anilines is 3. The molecule has 0 atom stereocenters. The molecule has 39 heavy (non-hydrogen) atoms. The summed E-state index contributed by atoms with van der Waals surface area (Å²) in [6, 6.07) is 10.6. The first-order chi connectivity index (χ1) is 18.4. The number of H-pyrrole nitrogens is 1. The Labute approximate surface area is 218 Å². The highest BCUT2D eigenvalue weighted by molar-refractivity contribution is 5.95. The number of rotatable bonds is 4. The average Bonchev–Trinajstić information content (AvgIpc) is 3.32. The first-order valence-electron chi connectivity index (χ1n) is 11.9. The number of fused-ring (bicyclic) bond motifs is 1. The number of imidazole rings is 1. The number of pyridine rings is 1. The molecule has 2 aromatic carbocycles. The largest absolute Gasteiger partial charge is 0.419 e. The SMILES string of the molecule is CC(=O)Nc1ccc(-c2cc(C(F)(F)F)cc3[nH]c(N4CCN(c5ncccc5C(F)(F)F)CC4)nc23)cc1. The number of nitrogens with one attached hydrogen (secondary N) is 2. The van der Waals surface area contributed by atoms with Gasteiger partial charge in [-0.15, -0.1) is 0 Å². The van der Waals surface area contributed by atoms with Crippen molar-refractivity contribution in [2.75, 3.05) is 41.3 Å². The average molecular weight is 548 g/mol. The van der Waals surface area contributed by atoms with Crippen LogP contribution in [0.3, 0.4) is 0 Å². The van der Waals surface area contributed by atoms with Crippen LogP contribution in [0.5, 0.6) is 0 Å². The Kier molecular flexibility index (Phi) is 6.60. The number of hydrogen-bond acceptors (Lipinski definition) is 5. The summed E-state index contributed by atoms with van der Waals surface area (Å²) in [4.78, 5) is 26.1. The molecular weight excluding hydrogens is 526 g/mol. The van der Waals surface area contributed by atoms with Crippen molar-refractivity contribution in [3.63, 3.8) is 0 Å². The Hall–Kier alpha value is -4.29. The van der Waals surface area contributed by atoms with Crippen LogP contribution < -0.4 is 15.1 Å². The molecule has 1 saturated heterocycles. The predicted molar refractivity (Wildman–Crippen MR) is 135 cm³/mol. The van der Waals surface area contributed by atoms with E-state index < -0.39 is 23.5 Å². The second-order valence-corrected chi connectivity index (χ2v) is 9.08. The molecule has 7 nitrogen and oxygen atoms in total. The molecule has 0 aliphatic carbocycles. The molecule has 0 bridgehead atoms. The number of hydrogen-bond donors (Lipinski definition) is 2. The van der Waals surface area contributed by atoms with E-state index in [1.807, 2.05) is 0 Å².